The molecule has 0 aliphatic carbocycles. The van der Waals surface area contributed by atoms with Crippen LogP contribution in [0, 0.1) is 0 Å². The van der Waals surface area contributed by atoms with Crippen molar-refractivity contribution in [3.63, 3.8) is 0 Å². The first-order chi connectivity index (χ1) is 10.2. The van der Waals surface area contributed by atoms with E-state index < -0.39 is 0 Å². The van der Waals surface area contributed by atoms with E-state index in [9.17, 15) is 4.79 Å². The molecule has 0 fully saturated rings. The number of nitrogens with zero attached hydrogens (tertiary/aromatic N) is 1. The number of carbonyl (C=O) groups is 1. The number of anilines is 2. The molecule has 0 bridgehead atoms. The molecule has 0 aliphatic rings. The fourth-order valence-corrected chi connectivity index (χ4v) is 2.85. The fraction of sp³-hybridized carbons (Fsp3) is 0.0667. The van der Waals surface area contributed by atoms with Crippen LogP contribution in [-0.2, 0) is 0 Å². The van der Waals surface area contributed by atoms with Gasteiger partial charge in [-0.15, -0.1) is 0 Å². The molecular weight excluding hydrogens is 286 g/mol. The van der Waals surface area contributed by atoms with E-state index in [2.05, 4.69) is 10.3 Å². The van der Waals surface area contributed by atoms with Gasteiger partial charge in [-0.25, -0.2) is 4.98 Å². The van der Waals surface area contributed by atoms with Crippen LogP contribution in [0.25, 0.3) is 10.2 Å². The number of rotatable bonds is 3. The SMILES string of the molecule is COc1cc(N)ccc1C(=O)Nc1nc2ccccc2s1. The second-order valence-corrected chi connectivity index (χ2v) is 5.43. The average molecular weight is 299 g/mol. The zero-order chi connectivity index (χ0) is 14.8. The van der Waals surface area contributed by atoms with Crippen LogP contribution in [0.5, 0.6) is 5.75 Å². The van der Waals surface area contributed by atoms with Crippen LogP contribution in [0.3, 0.4) is 0 Å². The molecule has 3 N–H and O–H groups in total. The van der Waals surface area contributed by atoms with Gasteiger partial charge in [0.2, 0.25) is 0 Å². The molecule has 3 aromatic rings. The smallest absolute Gasteiger partial charge is 0.261 e. The predicted octanol–water partition coefficient (Wildman–Crippen LogP) is 3.14. The van der Waals surface area contributed by atoms with Gasteiger partial charge in [-0.3, -0.25) is 10.1 Å². The summed E-state index contributed by atoms with van der Waals surface area (Å²) in [5.41, 5.74) is 7.51. The summed E-state index contributed by atoms with van der Waals surface area (Å²) >= 11 is 1.43. The lowest BCUT2D eigenvalue weighted by atomic mass is 10.1. The van der Waals surface area contributed by atoms with E-state index >= 15 is 0 Å². The summed E-state index contributed by atoms with van der Waals surface area (Å²) in [7, 11) is 1.50. The first-order valence-corrected chi connectivity index (χ1v) is 7.09. The Morgan fingerprint density at radius 3 is 2.86 bits per heavy atom. The molecule has 0 unspecified atom stereocenters. The van der Waals surface area contributed by atoms with Crippen LogP contribution in [0.15, 0.2) is 42.5 Å². The Bertz CT molecular complexity index is 781. The number of aromatic nitrogens is 1. The molecule has 5 nitrogen and oxygen atoms in total. The summed E-state index contributed by atoms with van der Waals surface area (Å²) in [5, 5.41) is 3.35. The first kappa shape index (κ1) is 13.4. The number of hydrogen-bond acceptors (Lipinski definition) is 5. The lowest BCUT2D eigenvalue weighted by Gasteiger charge is -2.08. The average Bonchev–Trinajstić information content (AvgIpc) is 2.88. The van der Waals surface area contributed by atoms with Gasteiger partial charge in [0, 0.05) is 11.8 Å². The number of ether oxygens (including phenoxy) is 1. The molecule has 0 saturated carbocycles. The van der Waals surface area contributed by atoms with E-state index in [1.54, 1.807) is 18.2 Å². The standard InChI is InChI=1S/C15H13N3O2S/c1-20-12-8-9(16)6-7-10(12)14(19)18-15-17-11-4-2-3-5-13(11)21-15/h2-8H,16H2,1H3,(H,17,18,19). The molecule has 3 rings (SSSR count). The number of nitrogens with two attached hydrogens (primary N) is 1. The minimum atomic E-state index is -0.272. The number of para-hydroxylation sites is 1. The highest BCUT2D eigenvalue weighted by Gasteiger charge is 2.14. The number of benzene rings is 2. The summed E-state index contributed by atoms with van der Waals surface area (Å²) < 4.78 is 6.21. The van der Waals surface area contributed by atoms with E-state index in [-0.39, 0.29) is 5.91 Å². The molecule has 106 valence electrons. The quantitative estimate of drug-likeness (QED) is 0.728. The van der Waals surface area contributed by atoms with Crippen LogP contribution in [0.4, 0.5) is 10.8 Å². The molecule has 0 aliphatic heterocycles. The van der Waals surface area contributed by atoms with Crippen molar-refractivity contribution in [2.75, 3.05) is 18.2 Å². The Morgan fingerprint density at radius 1 is 1.29 bits per heavy atom. The molecule has 0 radical (unpaired) electrons. The van der Waals surface area contributed by atoms with E-state index in [0.717, 1.165) is 10.2 Å². The van der Waals surface area contributed by atoms with Gasteiger partial charge in [-0.1, -0.05) is 23.5 Å². The topological polar surface area (TPSA) is 77.2 Å². The summed E-state index contributed by atoms with van der Waals surface area (Å²) in [6.45, 7) is 0. The summed E-state index contributed by atoms with van der Waals surface area (Å²) in [5.74, 6) is 0.166. The van der Waals surface area contributed by atoms with Crippen molar-refractivity contribution in [2.24, 2.45) is 0 Å². The first-order valence-electron chi connectivity index (χ1n) is 6.28. The third-order valence-electron chi connectivity index (χ3n) is 2.98. The Kier molecular flexibility index (Phi) is 3.45. The third-order valence-corrected chi connectivity index (χ3v) is 3.94. The normalized spacial score (nSPS) is 10.5. The van der Waals surface area contributed by atoms with Gasteiger partial charge in [0.15, 0.2) is 5.13 Å². The van der Waals surface area contributed by atoms with Gasteiger partial charge in [0.05, 0.1) is 22.9 Å². The Hall–Kier alpha value is -2.60. The maximum Gasteiger partial charge on any atom is 0.261 e. The lowest BCUT2D eigenvalue weighted by Crippen LogP contribution is -2.13. The second-order valence-electron chi connectivity index (χ2n) is 4.40. The highest BCUT2D eigenvalue weighted by atomic mass is 32.1. The van der Waals surface area contributed by atoms with E-state index in [1.807, 2.05) is 24.3 Å². The number of fused-ring (bicyclic) bond motifs is 1. The van der Waals surface area contributed by atoms with E-state index in [4.69, 9.17) is 10.5 Å². The van der Waals surface area contributed by atoms with Gasteiger partial charge < -0.3 is 10.5 Å². The molecule has 6 heteroatoms. The molecule has 2 aromatic carbocycles. The van der Waals surface area contributed by atoms with Gasteiger partial charge in [0.25, 0.3) is 5.91 Å². The molecule has 1 heterocycles. The summed E-state index contributed by atoms with van der Waals surface area (Å²) in [4.78, 5) is 16.7. The highest BCUT2D eigenvalue weighted by molar-refractivity contribution is 7.22. The van der Waals surface area contributed by atoms with Crippen LogP contribution in [0.1, 0.15) is 10.4 Å². The van der Waals surface area contributed by atoms with Crippen LogP contribution < -0.4 is 15.8 Å². The van der Waals surface area contributed by atoms with Crippen molar-refractivity contribution in [1.29, 1.82) is 0 Å². The number of amides is 1. The highest BCUT2D eigenvalue weighted by Crippen LogP contribution is 2.27. The Balaban J connectivity index is 1.89. The van der Waals surface area contributed by atoms with Crippen molar-refractivity contribution < 1.29 is 9.53 Å². The van der Waals surface area contributed by atoms with E-state index in [1.165, 1.54) is 18.4 Å². The molecule has 0 saturated heterocycles. The number of hydrogen-bond donors (Lipinski definition) is 2. The zero-order valence-corrected chi connectivity index (χ0v) is 12.1. The number of carbonyl (C=O) groups excluding carboxylic acids is 1. The zero-order valence-electron chi connectivity index (χ0n) is 11.3. The van der Waals surface area contributed by atoms with Crippen molar-refractivity contribution in [3.8, 4) is 5.75 Å². The van der Waals surface area contributed by atoms with Crippen molar-refractivity contribution in [1.82, 2.24) is 4.98 Å². The fourth-order valence-electron chi connectivity index (χ4n) is 1.99. The second kappa shape index (κ2) is 5.41. The molecule has 0 spiro atoms. The molecule has 0 atom stereocenters. The van der Waals surface area contributed by atoms with Crippen molar-refractivity contribution >= 4 is 38.3 Å². The van der Waals surface area contributed by atoms with Gasteiger partial charge in [0.1, 0.15) is 5.75 Å². The molecular formula is C15H13N3O2S. The maximum atomic E-state index is 12.3. The third kappa shape index (κ3) is 2.66. The largest absolute Gasteiger partial charge is 0.496 e. The number of thiazole rings is 1. The van der Waals surface area contributed by atoms with Gasteiger partial charge in [-0.2, -0.15) is 0 Å². The van der Waals surface area contributed by atoms with Gasteiger partial charge in [-0.05, 0) is 24.3 Å². The van der Waals surface area contributed by atoms with Crippen LogP contribution in [0.2, 0.25) is 0 Å². The van der Waals surface area contributed by atoms with Crippen LogP contribution >= 0.6 is 11.3 Å². The van der Waals surface area contributed by atoms with Crippen LogP contribution in [-0.4, -0.2) is 18.0 Å². The number of nitrogen functional groups attached to an aromatic ring is 1. The molecule has 1 aromatic heterocycles. The van der Waals surface area contributed by atoms with Crippen molar-refractivity contribution in [3.05, 3.63) is 48.0 Å². The van der Waals surface area contributed by atoms with Crippen molar-refractivity contribution in [2.45, 2.75) is 0 Å². The summed E-state index contributed by atoms with van der Waals surface area (Å²) in [6.07, 6.45) is 0. The minimum Gasteiger partial charge on any atom is -0.496 e. The van der Waals surface area contributed by atoms with Gasteiger partial charge >= 0.3 is 0 Å². The molecule has 21 heavy (non-hydrogen) atoms. The molecule has 1 amide bonds. The monoisotopic (exact) mass is 299 g/mol. The Morgan fingerprint density at radius 2 is 2.10 bits per heavy atom. The minimum absolute atomic E-state index is 0.272. The summed E-state index contributed by atoms with van der Waals surface area (Å²) in [6, 6.07) is 12.6. The predicted molar refractivity (Wildman–Crippen MR) is 85.0 cm³/mol. The maximum absolute atomic E-state index is 12.3. The number of nitrogens with one attached hydrogen (secondary N) is 1. The van der Waals surface area contributed by atoms with E-state index in [0.29, 0.717) is 22.1 Å². The Labute approximate surface area is 125 Å². The number of methoxy groups -OCH3 is 1. The lowest BCUT2D eigenvalue weighted by molar-refractivity contribution is 0.102.